The smallest absolute Gasteiger partial charge is 0.209 e. The van der Waals surface area contributed by atoms with Gasteiger partial charge in [0.25, 0.3) is 0 Å². The lowest BCUT2D eigenvalue weighted by Gasteiger charge is -2.23. The standard InChI is InChI=1S/C25H33N2.ClH/c1-6-18-27(19-7-2)21-15-12-20(13-16-21)14-17-24-25(3,4)22-10-8-9-11-23(22)26(24)5;/h8-17H,6-7,18-19H2,1-5H3;1H/q+1;/p-1. The van der Waals surface area contributed by atoms with Gasteiger partial charge in [-0.2, -0.15) is 4.58 Å². The highest BCUT2D eigenvalue weighted by Crippen LogP contribution is 2.39. The van der Waals surface area contributed by atoms with E-state index in [1.165, 1.54) is 41.1 Å². The van der Waals surface area contributed by atoms with Crippen molar-refractivity contribution in [1.82, 2.24) is 0 Å². The van der Waals surface area contributed by atoms with Gasteiger partial charge in [0.2, 0.25) is 5.69 Å². The summed E-state index contributed by atoms with van der Waals surface area (Å²) in [6.45, 7) is 11.4. The number of allylic oxidation sites excluding steroid dienone is 1. The van der Waals surface area contributed by atoms with Gasteiger partial charge in [0.05, 0.1) is 5.41 Å². The Kier molecular flexibility index (Phi) is 7.48. The molecule has 3 heteroatoms. The molecule has 0 aliphatic carbocycles. The number of para-hydroxylation sites is 1. The van der Waals surface area contributed by atoms with Crippen molar-refractivity contribution in [2.75, 3.05) is 25.0 Å². The number of nitrogens with zero attached hydrogens (tertiary/aromatic N) is 2. The second-order valence-corrected chi connectivity index (χ2v) is 8.00. The number of hydrogen-bond donors (Lipinski definition) is 0. The highest BCUT2D eigenvalue weighted by molar-refractivity contribution is 6.05. The van der Waals surface area contributed by atoms with Crippen LogP contribution in [0.1, 0.15) is 51.7 Å². The van der Waals surface area contributed by atoms with Crippen LogP contribution < -0.4 is 17.3 Å². The van der Waals surface area contributed by atoms with Crippen LogP contribution in [0.2, 0.25) is 0 Å². The number of hydrogen-bond acceptors (Lipinski definition) is 1. The molecular formula is C25H33ClN2. The average molecular weight is 397 g/mol. The third-order valence-electron chi connectivity index (χ3n) is 5.62. The molecule has 0 bridgehead atoms. The summed E-state index contributed by atoms with van der Waals surface area (Å²) in [4.78, 5) is 2.48. The number of anilines is 1. The van der Waals surface area contributed by atoms with Crippen LogP contribution in [0.3, 0.4) is 0 Å². The van der Waals surface area contributed by atoms with Gasteiger partial charge in [-0.05, 0) is 50.5 Å². The van der Waals surface area contributed by atoms with Crippen LogP contribution in [0.25, 0.3) is 6.08 Å². The molecule has 0 fully saturated rings. The number of fused-ring (bicyclic) bond motifs is 1. The minimum atomic E-state index is 0. The van der Waals surface area contributed by atoms with E-state index in [1.807, 2.05) is 0 Å². The van der Waals surface area contributed by atoms with E-state index in [0.717, 1.165) is 13.1 Å². The average Bonchev–Trinajstić information content (AvgIpc) is 2.87. The zero-order chi connectivity index (χ0) is 19.4. The van der Waals surface area contributed by atoms with Crippen molar-refractivity contribution < 1.29 is 17.0 Å². The fourth-order valence-corrected chi connectivity index (χ4v) is 4.18. The minimum absolute atomic E-state index is 0. The normalized spacial score (nSPS) is 14.9. The molecule has 28 heavy (non-hydrogen) atoms. The van der Waals surface area contributed by atoms with Crippen LogP contribution in [0.15, 0.2) is 54.6 Å². The third-order valence-corrected chi connectivity index (χ3v) is 5.62. The van der Waals surface area contributed by atoms with Crippen molar-refractivity contribution in [1.29, 1.82) is 0 Å². The first kappa shape index (κ1) is 22.2. The molecule has 0 amide bonds. The molecule has 2 aromatic carbocycles. The fraction of sp³-hybridized carbons (Fsp3) is 0.400. The molecule has 0 N–H and O–H groups in total. The van der Waals surface area contributed by atoms with Gasteiger partial charge >= 0.3 is 0 Å². The van der Waals surface area contributed by atoms with Crippen molar-refractivity contribution in [3.63, 3.8) is 0 Å². The van der Waals surface area contributed by atoms with Crippen molar-refractivity contribution in [3.05, 3.63) is 65.7 Å². The Labute approximate surface area is 177 Å². The summed E-state index contributed by atoms with van der Waals surface area (Å²) < 4.78 is 2.32. The van der Waals surface area contributed by atoms with Gasteiger partial charge in [-0.15, -0.1) is 0 Å². The Morgan fingerprint density at radius 3 is 2.07 bits per heavy atom. The molecule has 1 aliphatic heterocycles. The summed E-state index contributed by atoms with van der Waals surface area (Å²) >= 11 is 0. The molecule has 0 saturated carbocycles. The molecular weight excluding hydrogens is 364 g/mol. The number of benzene rings is 2. The first-order valence-electron chi connectivity index (χ1n) is 10.2. The van der Waals surface area contributed by atoms with E-state index >= 15 is 0 Å². The van der Waals surface area contributed by atoms with Crippen LogP contribution >= 0.6 is 0 Å². The highest BCUT2D eigenvalue weighted by Gasteiger charge is 2.42. The quantitative estimate of drug-likeness (QED) is 0.652. The van der Waals surface area contributed by atoms with Gasteiger partial charge in [0, 0.05) is 36.5 Å². The van der Waals surface area contributed by atoms with Gasteiger partial charge in [-0.1, -0.05) is 44.2 Å². The highest BCUT2D eigenvalue weighted by atomic mass is 35.5. The maximum absolute atomic E-state index is 2.48. The second kappa shape index (κ2) is 9.43. The predicted octanol–water partition coefficient (Wildman–Crippen LogP) is 3.04. The number of halogens is 1. The van der Waals surface area contributed by atoms with E-state index in [2.05, 4.69) is 105 Å². The second-order valence-electron chi connectivity index (χ2n) is 8.00. The zero-order valence-electron chi connectivity index (χ0n) is 17.9. The SMILES string of the molecule is CCCN(CCC)c1ccc(/C=C/C2=[N+](C)c3ccccc3C2(C)C)cc1.[Cl-]. The van der Waals surface area contributed by atoms with E-state index in [9.17, 15) is 0 Å². The Morgan fingerprint density at radius 1 is 0.893 bits per heavy atom. The molecule has 0 spiro atoms. The molecule has 2 nitrogen and oxygen atoms in total. The third kappa shape index (κ3) is 4.33. The predicted molar refractivity (Wildman–Crippen MR) is 119 cm³/mol. The van der Waals surface area contributed by atoms with Gasteiger partial charge < -0.3 is 17.3 Å². The lowest BCUT2D eigenvalue weighted by molar-refractivity contribution is -0.401. The molecule has 0 saturated heterocycles. The maximum atomic E-state index is 2.48. The van der Waals surface area contributed by atoms with Crippen LogP contribution in [0.4, 0.5) is 11.4 Å². The molecule has 150 valence electrons. The van der Waals surface area contributed by atoms with Crippen LogP contribution in [-0.2, 0) is 5.41 Å². The van der Waals surface area contributed by atoms with Crippen LogP contribution in [-0.4, -0.2) is 30.4 Å². The molecule has 2 aromatic rings. The summed E-state index contributed by atoms with van der Waals surface area (Å²) in [5.74, 6) is 0. The van der Waals surface area contributed by atoms with E-state index in [-0.39, 0.29) is 17.8 Å². The Hall–Kier alpha value is -2.06. The van der Waals surface area contributed by atoms with Gasteiger partial charge in [0.15, 0.2) is 5.71 Å². The lowest BCUT2D eigenvalue weighted by Crippen LogP contribution is -3.00. The van der Waals surface area contributed by atoms with Gasteiger partial charge in [-0.25, -0.2) is 0 Å². The lowest BCUT2D eigenvalue weighted by atomic mass is 9.81. The Bertz CT molecular complexity index is 841. The summed E-state index contributed by atoms with van der Waals surface area (Å²) in [5, 5.41) is 0. The molecule has 1 heterocycles. The van der Waals surface area contributed by atoms with Gasteiger partial charge in [-0.3, -0.25) is 0 Å². The molecule has 0 aromatic heterocycles. The van der Waals surface area contributed by atoms with Gasteiger partial charge in [0.1, 0.15) is 7.05 Å². The minimum Gasteiger partial charge on any atom is -1.00 e. The van der Waals surface area contributed by atoms with E-state index < -0.39 is 0 Å². The van der Waals surface area contributed by atoms with E-state index in [0.29, 0.717) is 0 Å². The largest absolute Gasteiger partial charge is 1.00 e. The monoisotopic (exact) mass is 396 g/mol. The molecule has 1 aliphatic rings. The summed E-state index contributed by atoms with van der Waals surface area (Å²) in [6, 6.07) is 17.7. The summed E-state index contributed by atoms with van der Waals surface area (Å²) in [7, 11) is 2.17. The zero-order valence-corrected chi connectivity index (χ0v) is 18.6. The van der Waals surface area contributed by atoms with E-state index in [4.69, 9.17) is 0 Å². The number of rotatable bonds is 7. The van der Waals surface area contributed by atoms with Crippen LogP contribution in [0.5, 0.6) is 0 Å². The summed E-state index contributed by atoms with van der Waals surface area (Å²) in [5.41, 5.74) is 6.66. The van der Waals surface area contributed by atoms with Crippen LogP contribution in [0, 0.1) is 0 Å². The first-order chi connectivity index (χ1) is 13.0. The Morgan fingerprint density at radius 2 is 1.50 bits per heavy atom. The Balaban J connectivity index is 0.00000280. The van der Waals surface area contributed by atoms with Crippen molar-refractivity contribution in [3.8, 4) is 0 Å². The van der Waals surface area contributed by atoms with Crippen molar-refractivity contribution >= 4 is 23.2 Å². The maximum Gasteiger partial charge on any atom is 0.209 e. The van der Waals surface area contributed by atoms with Crippen molar-refractivity contribution in [2.24, 2.45) is 0 Å². The molecule has 0 atom stereocenters. The fourth-order valence-electron chi connectivity index (χ4n) is 4.18. The van der Waals surface area contributed by atoms with Crippen molar-refractivity contribution in [2.45, 2.75) is 46.0 Å². The molecule has 0 radical (unpaired) electrons. The summed E-state index contributed by atoms with van der Waals surface area (Å²) in [6.07, 6.45) is 6.89. The molecule has 3 rings (SSSR count). The first-order valence-corrected chi connectivity index (χ1v) is 10.2. The van der Waals surface area contributed by atoms with E-state index in [1.54, 1.807) is 0 Å². The topological polar surface area (TPSA) is 6.25 Å². The molecule has 0 unspecified atom stereocenters.